The molecule has 2 heterocycles. The molecule has 0 unspecified atom stereocenters. The number of halogens is 2. The van der Waals surface area contributed by atoms with Crippen LogP contribution in [0.15, 0.2) is 26.0 Å². The van der Waals surface area contributed by atoms with Crippen LogP contribution in [-0.2, 0) is 11.2 Å². The zero-order valence-corrected chi connectivity index (χ0v) is 17.1. The van der Waals surface area contributed by atoms with Crippen LogP contribution in [0.2, 0.25) is 0 Å². The van der Waals surface area contributed by atoms with Crippen LogP contribution in [0.1, 0.15) is 28.4 Å². The van der Waals surface area contributed by atoms with Gasteiger partial charge >= 0.3 is 0 Å². The van der Waals surface area contributed by atoms with Crippen LogP contribution in [0.25, 0.3) is 6.08 Å². The number of benzene rings is 1. The molecule has 0 radical (unpaired) electrons. The number of rotatable bonds is 3. The van der Waals surface area contributed by atoms with Gasteiger partial charge in [-0.05, 0) is 62.1 Å². The number of ketones is 1. The Balaban J connectivity index is 1.93. The van der Waals surface area contributed by atoms with Gasteiger partial charge in [0.25, 0.3) is 0 Å². The highest BCUT2D eigenvalue weighted by molar-refractivity contribution is 9.11. The average molecular weight is 489 g/mol. The SMILES string of the molecule is CCc1nnc([C@@H]2C(=N)S/C(=C\c3cc(Br)c(O)c(Br)c3)C2=O)s1. The van der Waals surface area contributed by atoms with Gasteiger partial charge < -0.3 is 5.11 Å². The van der Waals surface area contributed by atoms with E-state index in [-0.39, 0.29) is 16.6 Å². The number of thioether (sulfide) groups is 1. The van der Waals surface area contributed by atoms with Crippen LogP contribution >= 0.6 is 55.0 Å². The first-order valence-corrected chi connectivity index (χ1v) is 10.1. The summed E-state index contributed by atoms with van der Waals surface area (Å²) >= 11 is 9.07. The number of aromatic nitrogens is 2. The molecular formula is C15H11Br2N3O2S2. The van der Waals surface area contributed by atoms with Crippen LogP contribution in [0.4, 0.5) is 0 Å². The molecule has 0 bridgehead atoms. The Labute approximate surface area is 163 Å². The lowest BCUT2D eigenvalue weighted by Crippen LogP contribution is -2.11. The highest BCUT2D eigenvalue weighted by atomic mass is 79.9. The molecule has 124 valence electrons. The van der Waals surface area contributed by atoms with Gasteiger partial charge in [-0.3, -0.25) is 10.2 Å². The second-order valence-corrected chi connectivity index (χ2v) is 8.88. The maximum Gasteiger partial charge on any atom is 0.186 e. The molecule has 1 aliphatic heterocycles. The number of hydrogen-bond acceptors (Lipinski definition) is 7. The summed E-state index contributed by atoms with van der Waals surface area (Å²) in [5.74, 6) is -0.679. The highest BCUT2D eigenvalue weighted by Gasteiger charge is 2.39. The van der Waals surface area contributed by atoms with Crippen molar-refractivity contribution in [2.75, 3.05) is 0 Å². The number of allylic oxidation sites excluding steroid dienone is 1. The summed E-state index contributed by atoms with van der Waals surface area (Å²) in [7, 11) is 0. The smallest absolute Gasteiger partial charge is 0.186 e. The van der Waals surface area contributed by atoms with Gasteiger partial charge in [0.05, 0.1) is 18.9 Å². The Morgan fingerprint density at radius 2 is 2.00 bits per heavy atom. The van der Waals surface area contributed by atoms with Crippen molar-refractivity contribution in [3.63, 3.8) is 0 Å². The van der Waals surface area contributed by atoms with Gasteiger partial charge in [-0.1, -0.05) is 18.7 Å². The highest BCUT2D eigenvalue weighted by Crippen LogP contribution is 2.42. The van der Waals surface area contributed by atoms with Crippen LogP contribution in [-0.4, -0.2) is 26.1 Å². The summed E-state index contributed by atoms with van der Waals surface area (Å²) < 4.78 is 1.06. The summed E-state index contributed by atoms with van der Waals surface area (Å²) in [6.07, 6.45) is 2.48. The van der Waals surface area contributed by atoms with Crippen molar-refractivity contribution >= 4 is 71.9 Å². The fourth-order valence-corrected chi connectivity index (χ4v) is 5.33. The van der Waals surface area contributed by atoms with Crippen molar-refractivity contribution in [1.82, 2.24) is 10.2 Å². The van der Waals surface area contributed by atoms with E-state index < -0.39 is 5.92 Å². The third kappa shape index (κ3) is 3.35. The number of nitrogens with zero attached hydrogens (tertiary/aromatic N) is 2. The third-order valence-corrected chi connectivity index (χ3v) is 6.69. The van der Waals surface area contributed by atoms with Crippen molar-refractivity contribution in [3.8, 4) is 5.75 Å². The van der Waals surface area contributed by atoms with E-state index in [1.807, 2.05) is 6.92 Å². The summed E-state index contributed by atoms with van der Waals surface area (Å²) in [4.78, 5) is 13.2. The lowest BCUT2D eigenvalue weighted by molar-refractivity contribution is -0.114. The van der Waals surface area contributed by atoms with Crippen molar-refractivity contribution < 1.29 is 9.90 Å². The largest absolute Gasteiger partial charge is 0.506 e. The van der Waals surface area contributed by atoms with E-state index in [9.17, 15) is 9.90 Å². The second-order valence-electron chi connectivity index (χ2n) is 4.99. The number of carbonyl (C=O) groups is 1. The first-order chi connectivity index (χ1) is 11.4. The lowest BCUT2D eigenvalue weighted by atomic mass is 10.1. The molecule has 2 N–H and O–H groups in total. The maximum atomic E-state index is 12.7. The maximum absolute atomic E-state index is 12.7. The molecule has 1 atom stereocenters. The molecule has 0 aliphatic carbocycles. The monoisotopic (exact) mass is 487 g/mol. The van der Waals surface area contributed by atoms with Crippen molar-refractivity contribution in [1.29, 1.82) is 5.41 Å². The first kappa shape index (κ1) is 17.8. The Morgan fingerprint density at radius 1 is 1.33 bits per heavy atom. The fraction of sp³-hybridized carbons (Fsp3) is 0.200. The first-order valence-electron chi connectivity index (χ1n) is 6.93. The summed E-state index contributed by atoms with van der Waals surface area (Å²) in [6, 6.07) is 3.44. The van der Waals surface area contributed by atoms with Crippen LogP contribution in [0.5, 0.6) is 5.75 Å². The third-order valence-electron chi connectivity index (χ3n) is 3.36. The predicted molar refractivity (Wildman–Crippen MR) is 104 cm³/mol. The molecule has 0 saturated carbocycles. The number of phenolic OH excluding ortho intramolecular Hbond substituents is 1. The number of Topliss-reactive ketones (excluding diaryl/α,β-unsaturated/α-hetero) is 1. The van der Waals surface area contributed by atoms with Gasteiger partial charge in [0.2, 0.25) is 0 Å². The molecule has 1 aromatic carbocycles. The molecule has 5 nitrogen and oxygen atoms in total. The molecule has 0 amide bonds. The summed E-state index contributed by atoms with van der Waals surface area (Å²) in [6.45, 7) is 1.98. The van der Waals surface area contributed by atoms with E-state index in [1.54, 1.807) is 18.2 Å². The predicted octanol–water partition coefficient (Wildman–Crippen LogP) is 4.75. The lowest BCUT2D eigenvalue weighted by Gasteiger charge is -2.03. The van der Waals surface area contributed by atoms with Gasteiger partial charge in [0.1, 0.15) is 21.7 Å². The van der Waals surface area contributed by atoms with E-state index in [1.165, 1.54) is 11.3 Å². The minimum absolute atomic E-state index is 0.106. The van der Waals surface area contributed by atoms with Crippen molar-refractivity contribution in [2.24, 2.45) is 0 Å². The van der Waals surface area contributed by atoms with Crippen LogP contribution < -0.4 is 0 Å². The van der Waals surface area contributed by atoms with E-state index in [0.717, 1.165) is 28.8 Å². The average Bonchev–Trinajstić information content (AvgIpc) is 3.10. The molecule has 1 fully saturated rings. The van der Waals surface area contributed by atoms with E-state index >= 15 is 0 Å². The Morgan fingerprint density at radius 3 is 2.58 bits per heavy atom. The zero-order chi connectivity index (χ0) is 17.4. The van der Waals surface area contributed by atoms with Crippen LogP contribution in [0.3, 0.4) is 0 Å². The molecule has 1 saturated heterocycles. The van der Waals surface area contributed by atoms with Crippen molar-refractivity contribution in [3.05, 3.63) is 41.6 Å². The number of aryl methyl sites for hydroxylation is 1. The Bertz CT molecular complexity index is 856. The molecule has 24 heavy (non-hydrogen) atoms. The number of carbonyl (C=O) groups excluding carboxylic acids is 1. The zero-order valence-electron chi connectivity index (χ0n) is 12.3. The topological polar surface area (TPSA) is 86.9 Å². The number of aromatic hydroxyl groups is 1. The minimum atomic E-state index is -0.650. The normalized spacial score (nSPS) is 19.5. The molecule has 0 spiro atoms. The number of hydrogen-bond donors (Lipinski definition) is 2. The number of phenols is 1. The Hall–Kier alpha value is -1.03. The molecule has 1 aromatic heterocycles. The van der Waals surface area contributed by atoms with Gasteiger partial charge in [0, 0.05) is 0 Å². The van der Waals surface area contributed by atoms with Gasteiger partial charge in [-0.2, -0.15) is 0 Å². The standard InChI is InChI=1S/C15H11Br2N3O2S2/c1-2-10-19-20-15(24-10)11-13(22)9(23-14(11)18)5-6-3-7(16)12(21)8(17)4-6/h3-5,11,18,21H,2H2,1H3/b9-5-,18-14?/t11-/m0/s1. The number of nitrogens with one attached hydrogen (secondary N) is 1. The van der Waals surface area contributed by atoms with Gasteiger partial charge in [0.15, 0.2) is 5.78 Å². The van der Waals surface area contributed by atoms with Crippen molar-refractivity contribution in [2.45, 2.75) is 19.3 Å². The molecule has 3 rings (SSSR count). The van der Waals surface area contributed by atoms with E-state index in [0.29, 0.717) is 18.9 Å². The van der Waals surface area contributed by atoms with Gasteiger partial charge in [-0.25, -0.2) is 0 Å². The summed E-state index contributed by atoms with van der Waals surface area (Å²) in [5.41, 5.74) is 0.752. The Kier molecular flexibility index (Phi) is 5.24. The van der Waals surface area contributed by atoms with Crippen LogP contribution in [0, 0.1) is 5.41 Å². The molecule has 1 aliphatic rings. The summed E-state index contributed by atoms with van der Waals surface area (Å²) in [5, 5.41) is 27.7. The molecule has 2 aromatic rings. The van der Waals surface area contributed by atoms with E-state index in [2.05, 4.69) is 42.1 Å². The second kappa shape index (κ2) is 7.07. The molecular weight excluding hydrogens is 478 g/mol. The minimum Gasteiger partial charge on any atom is -0.506 e. The fourth-order valence-electron chi connectivity index (χ4n) is 2.16. The quantitative estimate of drug-likeness (QED) is 0.608. The van der Waals surface area contributed by atoms with E-state index in [4.69, 9.17) is 5.41 Å². The van der Waals surface area contributed by atoms with Gasteiger partial charge in [-0.15, -0.1) is 21.5 Å². The molecule has 9 heteroatoms.